The molecule has 3 rings (SSSR count). The molecule has 1 saturated heterocycles. The molecule has 1 aliphatic rings. The lowest BCUT2D eigenvalue weighted by Gasteiger charge is -2.46. The van der Waals surface area contributed by atoms with Crippen LogP contribution in [0.1, 0.15) is 44.9 Å². The van der Waals surface area contributed by atoms with Crippen LogP contribution in [0.2, 0.25) is 0 Å². The van der Waals surface area contributed by atoms with E-state index in [0.717, 1.165) is 0 Å². The number of nitro groups is 1. The van der Waals surface area contributed by atoms with Crippen LogP contribution in [0.5, 0.6) is 0 Å². The molecule has 4 unspecified atom stereocenters. The number of carbonyl (C=O) groups excluding carboxylic acids is 4. The lowest BCUT2D eigenvalue weighted by Crippen LogP contribution is -2.73. The van der Waals surface area contributed by atoms with Crippen LogP contribution >= 0.6 is 0 Å². The number of alkyl carbamates (subject to hydrolysis) is 1. The van der Waals surface area contributed by atoms with E-state index in [2.05, 4.69) is 17.2 Å². The highest BCUT2D eigenvalue weighted by Gasteiger charge is 2.54. The predicted octanol–water partition coefficient (Wildman–Crippen LogP) is 3.47. The molecule has 2 aromatic rings. The van der Waals surface area contributed by atoms with Gasteiger partial charge >= 0.3 is 12.1 Å². The molecule has 1 fully saturated rings. The number of ether oxygens (including phenoxy) is 2. The van der Waals surface area contributed by atoms with Gasteiger partial charge in [-0.05, 0) is 56.5 Å². The highest BCUT2D eigenvalue weighted by atomic mass is 19.1. The second-order valence-electron chi connectivity index (χ2n) is 10.4. The van der Waals surface area contributed by atoms with Crippen molar-refractivity contribution in [2.24, 2.45) is 0 Å². The number of rotatable bonds is 10. The molecular weight excluding hydrogens is 539 g/mol. The quantitative estimate of drug-likeness (QED) is 0.110. The summed E-state index contributed by atoms with van der Waals surface area (Å²) in [5.74, 6) is -2.73. The number of halogens is 1. The Morgan fingerprint density at radius 1 is 1.12 bits per heavy atom. The number of nitrogens with one attached hydrogen (secondary N) is 2. The van der Waals surface area contributed by atoms with Crippen molar-refractivity contribution in [3.8, 4) is 0 Å². The van der Waals surface area contributed by atoms with Gasteiger partial charge in [-0.25, -0.2) is 14.0 Å². The molecule has 218 valence electrons. The van der Waals surface area contributed by atoms with Gasteiger partial charge in [-0.2, -0.15) is 0 Å². The Kier molecular flexibility index (Phi) is 9.43. The Morgan fingerprint density at radius 3 is 2.24 bits per heavy atom. The highest BCUT2D eigenvalue weighted by Crippen LogP contribution is 2.29. The number of hydrogen-bond donors (Lipinski definition) is 2. The fourth-order valence-corrected chi connectivity index (χ4v) is 3.99. The standard InChI is InChI=1S/C28H31FN4O8/c1-16(2)22(26(36)40-15-17-11-13-19(14-12-17)33(38)39)32-23(29)21(25(32)35)30-24(34)20(18-9-7-6-8-10-18)31-27(37)41-28(3,4)5/h6-14,20-23H,1,15H2,2-5H3,(H,30,34)(H,31,37). The lowest BCUT2D eigenvalue weighted by molar-refractivity contribution is -0.384. The van der Waals surface area contributed by atoms with Crippen LogP contribution in [0.4, 0.5) is 14.9 Å². The van der Waals surface area contributed by atoms with Crippen molar-refractivity contribution in [1.29, 1.82) is 0 Å². The van der Waals surface area contributed by atoms with E-state index in [1.54, 1.807) is 51.1 Å². The van der Waals surface area contributed by atoms with Gasteiger partial charge in [0, 0.05) is 12.1 Å². The second kappa shape index (κ2) is 12.6. The molecule has 13 heteroatoms. The van der Waals surface area contributed by atoms with Crippen LogP contribution in [0, 0.1) is 10.1 Å². The maximum Gasteiger partial charge on any atom is 0.408 e. The number of nitro benzene ring substituents is 1. The minimum atomic E-state index is -2.10. The summed E-state index contributed by atoms with van der Waals surface area (Å²) in [5.41, 5.74) is -0.0697. The number of amides is 3. The van der Waals surface area contributed by atoms with Gasteiger partial charge in [0.15, 0.2) is 12.1 Å². The maximum absolute atomic E-state index is 15.3. The molecule has 0 aromatic heterocycles. The predicted molar refractivity (Wildman–Crippen MR) is 144 cm³/mol. The zero-order chi connectivity index (χ0) is 30.5. The van der Waals surface area contributed by atoms with Crippen LogP contribution in [0.3, 0.4) is 0 Å². The van der Waals surface area contributed by atoms with Gasteiger partial charge < -0.3 is 20.1 Å². The number of esters is 1. The Bertz CT molecular complexity index is 1330. The molecule has 3 amide bonds. The van der Waals surface area contributed by atoms with Gasteiger partial charge in [-0.1, -0.05) is 36.9 Å². The minimum absolute atomic E-state index is 0.119. The van der Waals surface area contributed by atoms with E-state index in [0.29, 0.717) is 16.0 Å². The number of alkyl halides is 1. The van der Waals surface area contributed by atoms with Crippen molar-refractivity contribution < 1.29 is 38.0 Å². The Balaban J connectivity index is 1.68. The van der Waals surface area contributed by atoms with Gasteiger partial charge in [-0.3, -0.25) is 24.6 Å². The normalized spacial score (nSPS) is 17.9. The number of nitrogens with zero attached hydrogens (tertiary/aromatic N) is 2. The lowest BCUT2D eigenvalue weighted by atomic mass is 9.97. The molecule has 0 aliphatic carbocycles. The van der Waals surface area contributed by atoms with E-state index in [1.165, 1.54) is 31.2 Å². The van der Waals surface area contributed by atoms with Crippen molar-refractivity contribution in [2.75, 3.05) is 0 Å². The van der Waals surface area contributed by atoms with E-state index >= 15 is 4.39 Å². The first-order valence-electron chi connectivity index (χ1n) is 12.6. The number of non-ortho nitro benzene ring substituents is 1. The third kappa shape index (κ3) is 7.65. The molecule has 1 aliphatic heterocycles. The summed E-state index contributed by atoms with van der Waals surface area (Å²) in [6.07, 6.45) is -2.99. The fraction of sp³-hybridized carbons (Fsp3) is 0.357. The number of β-lactam (4-membered cyclic amide) rings is 1. The molecule has 4 atom stereocenters. The van der Waals surface area contributed by atoms with E-state index in [-0.39, 0.29) is 17.9 Å². The summed E-state index contributed by atoms with van der Waals surface area (Å²) in [7, 11) is 0. The first-order valence-corrected chi connectivity index (χ1v) is 12.6. The number of carbonyl (C=O) groups is 4. The van der Waals surface area contributed by atoms with Crippen molar-refractivity contribution in [3.63, 3.8) is 0 Å². The molecule has 1 heterocycles. The Morgan fingerprint density at radius 2 is 1.73 bits per heavy atom. The summed E-state index contributed by atoms with van der Waals surface area (Å²) in [6, 6.07) is 8.99. The average molecular weight is 571 g/mol. The van der Waals surface area contributed by atoms with E-state index < -0.39 is 58.8 Å². The first-order chi connectivity index (χ1) is 19.2. The smallest absolute Gasteiger partial charge is 0.408 e. The van der Waals surface area contributed by atoms with Crippen LogP contribution in [0.15, 0.2) is 66.7 Å². The van der Waals surface area contributed by atoms with Gasteiger partial charge in [0.2, 0.25) is 12.2 Å². The van der Waals surface area contributed by atoms with Crippen LogP contribution in [-0.2, 0) is 30.5 Å². The molecule has 12 nitrogen and oxygen atoms in total. The monoisotopic (exact) mass is 570 g/mol. The van der Waals surface area contributed by atoms with Crippen molar-refractivity contribution in [3.05, 3.63) is 88.0 Å². The molecule has 0 radical (unpaired) electrons. The van der Waals surface area contributed by atoms with Crippen LogP contribution in [0.25, 0.3) is 0 Å². The first kappa shape index (κ1) is 30.7. The SMILES string of the molecule is C=C(C)C(C(=O)OCc1ccc([N+](=O)[O-])cc1)N1C(=O)C(NC(=O)C(NC(=O)OC(C)(C)C)c2ccccc2)C1F. The number of likely N-dealkylation sites (tertiary alicyclic amines) is 1. The van der Waals surface area contributed by atoms with Crippen LogP contribution < -0.4 is 10.6 Å². The van der Waals surface area contributed by atoms with Gasteiger partial charge in [0.05, 0.1) is 4.92 Å². The zero-order valence-corrected chi connectivity index (χ0v) is 23.0. The topological polar surface area (TPSA) is 157 Å². The summed E-state index contributed by atoms with van der Waals surface area (Å²) >= 11 is 0. The third-order valence-electron chi connectivity index (χ3n) is 5.91. The fourth-order valence-electron chi connectivity index (χ4n) is 3.99. The van der Waals surface area contributed by atoms with E-state index in [1.807, 2.05) is 0 Å². The number of hydrogen-bond acceptors (Lipinski definition) is 8. The summed E-state index contributed by atoms with van der Waals surface area (Å²) < 4.78 is 25.8. The van der Waals surface area contributed by atoms with Gasteiger partial charge in [-0.15, -0.1) is 0 Å². The largest absolute Gasteiger partial charge is 0.459 e. The van der Waals surface area contributed by atoms with E-state index in [9.17, 15) is 29.3 Å². The second-order valence-corrected chi connectivity index (χ2v) is 10.4. The maximum atomic E-state index is 15.3. The Hall–Kier alpha value is -4.81. The van der Waals surface area contributed by atoms with Gasteiger partial charge in [0.1, 0.15) is 18.2 Å². The van der Waals surface area contributed by atoms with Crippen molar-refractivity contribution in [2.45, 2.75) is 64.3 Å². The summed E-state index contributed by atoms with van der Waals surface area (Å²) in [5, 5.41) is 15.5. The van der Waals surface area contributed by atoms with Crippen molar-refractivity contribution >= 4 is 29.6 Å². The van der Waals surface area contributed by atoms with Crippen LogP contribution in [-0.4, -0.2) is 57.7 Å². The highest BCUT2D eigenvalue weighted by molar-refractivity contribution is 5.98. The number of benzene rings is 2. The van der Waals surface area contributed by atoms with Crippen molar-refractivity contribution in [1.82, 2.24) is 15.5 Å². The molecule has 2 N–H and O–H groups in total. The molecule has 41 heavy (non-hydrogen) atoms. The third-order valence-corrected chi connectivity index (χ3v) is 5.91. The zero-order valence-electron chi connectivity index (χ0n) is 23.0. The molecule has 2 aromatic carbocycles. The van der Waals surface area contributed by atoms with Gasteiger partial charge in [0.25, 0.3) is 11.6 Å². The minimum Gasteiger partial charge on any atom is -0.459 e. The summed E-state index contributed by atoms with van der Waals surface area (Å²) in [6.45, 7) is 9.74. The molecule has 0 bridgehead atoms. The van der Waals surface area contributed by atoms with E-state index in [4.69, 9.17) is 9.47 Å². The average Bonchev–Trinajstić information content (AvgIpc) is 2.91. The molecule has 0 saturated carbocycles. The molecular formula is C28H31FN4O8. The Labute approximate surface area is 235 Å². The molecule has 0 spiro atoms. The summed E-state index contributed by atoms with van der Waals surface area (Å²) in [4.78, 5) is 62.1.